The standard InChI is InChI=1S/C8H6F3NO4S/c9-8(10,11)17(14,15)12-3-6(13)5-1-2-16-7(5)4-12/h1-2H,3-4H2. The molecule has 0 radical (unpaired) electrons. The summed E-state index contributed by atoms with van der Waals surface area (Å²) < 4.78 is 63.8. The number of hydrogen-bond donors (Lipinski definition) is 0. The molecule has 2 heterocycles. The van der Waals surface area contributed by atoms with Gasteiger partial charge in [0.1, 0.15) is 5.76 Å². The van der Waals surface area contributed by atoms with Gasteiger partial charge in [0, 0.05) is 0 Å². The molecule has 1 aliphatic rings. The van der Waals surface area contributed by atoms with Crippen molar-refractivity contribution in [1.29, 1.82) is 0 Å². The minimum Gasteiger partial charge on any atom is -0.467 e. The average Bonchev–Trinajstić information content (AvgIpc) is 2.64. The molecule has 5 nitrogen and oxygen atoms in total. The lowest BCUT2D eigenvalue weighted by Crippen LogP contribution is -2.45. The zero-order valence-electron chi connectivity index (χ0n) is 8.19. The number of nitrogens with zero attached hydrogens (tertiary/aromatic N) is 1. The highest BCUT2D eigenvalue weighted by atomic mass is 32.2. The van der Waals surface area contributed by atoms with Crippen LogP contribution in [0, 0.1) is 0 Å². The van der Waals surface area contributed by atoms with Crippen LogP contribution in [-0.2, 0) is 16.6 Å². The molecule has 1 aromatic rings. The Labute approximate surface area is 93.9 Å². The van der Waals surface area contributed by atoms with Gasteiger partial charge in [0.05, 0.1) is 24.9 Å². The van der Waals surface area contributed by atoms with Crippen LogP contribution in [0.25, 0.3) is 0 Å². The van der Waals surface area contributed by atoms with E-state index in [4.69, 9.17) is 4.42 Å². The number of halogens is 3. The van der Waals surface area contributed by atoms with Gasteiger partial charge in [-0.1, -0.05) is 0 Å². The fourth-order valence-electron chi connectivity index (χ4n) is 1.49. The van der Waals surface area contributed by atoms with Gasteiger partial charge in [0.2, 0.25) is 0 Å². The lowest BCUT2D eigenvalue weighted by molar-refractivity contribution is -0.0491. The van der Waals surface area contributed by atoms with Crippen molar-refractivity contribution < 1.29 is 30.8 Å². The molecule has 1 aliphatic heterocycles. The predicted molar refractivity (Wildman–Crippen MR) is 48.4 cm³/mol. The Morgan fingerprint density at radius 2 is 1.94 bits per heavy atom. The average molecular weight is 269 g/mol. The Hall–Kier alpha value is -1.35. The summed E-state index contributed by atoms with van der Waals surface area (Å²) in [6.45, 7) is -1.41. The Morgan fingerprint density at radius 3 is 2.53 bits per heavy atom. The van der Waals surface area contributed by atoms with Crippen LogP contribution in [0.4, 0.5) is 13.2 Å². The van der Waals surface area contributed by atoms with Crippen LogP contribution in [0.1, 0.15) is 16.1 Å². The molecular weight excluding hydrogens is 263 g/mol. The van der Waals surface area contributed by atoms with E-state index in [1.807, 2.05) is 0 Å². The van der Waals surface area contributed by atoms with E-state index >= 15 is 0 Å². The van der Waals surface area contributed by atoms with Crippen molar-refractivity contribution in [2.45, 2.75) is 12.1 Å². The van der Waals surface area contributed by atoms with Crippen molar-refractivity contribution in [3.63, 3.8) is 0 Å². The second-order valence-corrected chi connectivity index (χ2v) is 5.33. The fourth-order valence-corrected chi connectivity index (χ4v) is 2.36. The van der Waals surface area contributed by atoms with Crippen molar-refractivity contribution >= 4 is 15.8 Å². The third kappa shape index (κ3) is 1.84. The molecule has 1 aromatic heterocycles. The summed E-state index contributed by atoms with van der Waals surface area (Å²) in [7, 11) is -5.50. The summed E-state index contributed by atoms with van der Waals surface area (Å²) >= 11 is 0. The molecule has 9 heteroatoms. The van der Waals surface area contributed by atoms with Crippen molar-refractivity contribution in [1.82, 2.24) is 4.31 Å². The summed E-state index contributed by atoms with van der Waals surface area (Å²) in [5.74, 6) is -0.790. The highest BCUT2D eigenvalue weighted by Gasteiger charge is 2.51. The Morgan fingerprint density at radius 1 is 1.29 bits per heavy atom. The zero-order chi connectivity index (χ0) is 12.8. The number of carbonyl (C=O) groups is 1. The van der Waals surface area contributed by atoms with Gasteiger partial charge in [-0.05, 0) is 6.07 Å². The summed E-state index contributed by atoms with van der Waals surface area (Å²) in [6, 6.07) is 1.30. The van der Waals surface area contributed by atoms with Gasteiger partial charge in [-0.25, -0.2) is 8.42 Å². The summed E-state index contributed by atoms with van der Waals surface area (Å²) in [5.41, 5.74) is -5.30. The molecule has 0 amide bonds. The Kier molecular flexibility index (Phi) is 2.54. The number of fused-ring (bicyclic) bond motifs is 1. The van der Waals surface area contributed by atoms with Crippen LogP contribution in [0.2, 0.25) is 0 Å². The first-order chi connectivity index (χ1) is 7.73. The molecule has 0 spiro atoms. The van der Waals surface area contributed by atoms with Crippen molar-refractivity contribution in [2.75, 3.05) is 6.54 Å². The fraction of sp³-hybridized carbons (Fsp3) is 0.375. The third-order valence-electron chi connectivity index (χ3n) is 2.32. The van der Waals surface area contributed by atoms with Crippen molar-refractivity contribution in [3.8, 4) is 0 Å². The number of ketones is 1. The van der Waals surface area contributed by atoms with Gasteiger partial charge in [0.15, 0.2) is 5.78 Å². The molecule has 0 bridgehead atoms. The second kappa shape index (κ2) is 3.57. The maximum absolute atomic E-state index is 12.3. The van der Waals surface area contributed by atoms with Crippen LogP contribution >= 0.6 is 0 Å². The largest absolute Gasteiger partial charge is 0.511 e. The minimum atomic E-state index is -5.50. The molecule has 0 N–H and O–H groups in total. The van der Waals surface area contributed by atoms with Crippen LogP contribution in [0.5, 0.6) is 0 Å². The van der Waals surface area contributed by atoms with E-state index in [0.717, 1.165) is 6.26 Å². The van der Waals surface area contributed by atoms with Crippen molar-refractivity contribution in [3.05, 3.63) is 23.7 Å². The molecule has 0 atom stereocenters. The van der Waals surface area contributed by atoms with E-state index in [0.29, 0.717) is 0 Å². The first kappa shape index (κ1) is 12.1. The number of hydrogen-bond acceptors (Lipinski definition) is 4. The van der Waals surface area contributed by atoms with E-state index in [-0.39, 0.29) is 15.6 Å². The Bertz CT molecular complexity index is 560. The lowest BCUT2D eigenvalue weighted by atomic mass is 10.1. The number of furan rings is 1. The summed E-state index contributed by atoms with van der Waals surface area (Å²) in [6.07, 6.45) is 1.13. The number of carbonyl (C=O) groups excluding carboxylic acids is 1. The number of sulfonamides is 1. The molecule has 0 fully saturated rings. The highest BCUT2D eigenvalue weighted by Crippen LogP contribution is 2.31. The van der Waals surface area contributed by atoms with E-state index in [1.165, 1.54) is 6.07 Å². The molecule has 0 aliphatic carbocycles. The van der Waals surface area contributed by atoms with E-state index in [2.05, 4.69) is 0 Å². The first-order valence-electron chi connectivity index (χ1n) is 4.39. The number of alkyl halides is 3. The van der Waals surface area contributed by atoms with E-state index in [9.17, 15) is 26.4 Å². The van der Waals surface area contributed by atoms with Crippen LogP contribution in [-0.4, -0.2) is 30.6 Å². The third-order valence-corrected chi connectivity index (χ3v) is 3.84. The predicted octanol–water partition coefficient (Wildman–Crippen LogP) is 1.13. The SMILES string of the molecule is O=C1CN(S(=O)(=O)C(F)(F)F)Cc2occc21. The second-order valence-electron chi connectivity index (χ2n) is 3.40. The zero-order valence-corrected chi connectivity index (χ0v) is 9.01. The first-order valence-corrected chi connectivity index (χ1v) is 5.83. The lowest BCUT2D eigenvalue weighted by Gasteiger charge is -2.24. The van der Waals surface area contributed by atoms with Gasteiger partial charge >= 0.3 is 15.5 Å². The molecular formula is C8H6F3NO4S. The van der Waals surface area contributed by atoms with Gasteiger partial charge in [0.25, 0.3) is 0 Å². The topological polar surface area (TPSA) is 67.6 Å². The monoisotopic (exact) mass is 269 g/mol. The smallest absolute Gasteiger partial charge is 0.467 e. The number of Topliss-reactive ketones (excluding diaryl/α,β-unsaturated/α-hetero) is 1. The van der Waals surface area contributed by atoms with Crippen LogP contribution in [0.15, 0.2) is 16.7 Å². The van der Waals surface area contributed by atoms with Crippen molar-refractivity contribution in [2.24, 2.45) is 0 Å². The molecule has 0 saturated carbocycles. The molecule has 0 aromatic carbocycles. The van der Waals surface area contributed by atoms with Gasteiger partial charge in [-0.2, -0.15) is 17.5 Å². The van der Waals surface area contributed by atoms with Gasteiger partial charge in [-0.3, -0.25) is 4.79 Å². The van der Waals surface area contributed by atoms with E-state index < -0.39 is 34.4 Å². The number of rotatable bonds is 1. The quantitative estimate of drug-likeness (QED) is 0.766. The normalized spacial score (nSPS) is 18.2. The minimum absolute atomic E-state index is 0.0567. The van der Waals surface area contributed by atoms with E-state index in [1.54, 1.807) is 0 Å². The molecule has 17 heavy (non-hydrogen) atoms. The summed E-state index contributed by atoms with van der Waals surface area (Å²) in [5, 5.41) is 0. The van der Waals surface area contributed by atoms with Gasteiger partial charge < -0.3 is 4.42 Å². The Balaban J connectivity index is 2.38. The maximum Gasteiger partial charge on any atom is 0.511 e. The molecule has 2 rings (SSSR count). The van der Waals surface area contributed by atoms with Crippen LogP contribution < -0.4 is 0 Å². The molecule has 0 saturated heterocycles. The molecule has 0 unspecified atom stereocenters. The molecule has 94 valence electrons. The summed E-state index contributed by atoms with van der Waals surface area (Å²) in [4.78, 5) is 11.4. The van der Waals surface area contributed by atoms with Crippen LogP contribution in [0.3, 0.4) is 0 Å². The van der Waals surface area contributed by atoms with Gasteiger partial charge in [-0.15, -0.1) is 0 Å². The maximum atomic E-state index is 12.3. The highest BCUT2D eigenvalue weighted by molar-refractivity contribution is 7.90.